The summed E-state index contributed by atoms with van der Waals surface area (Å²) in [5, 5.41) is 0. The van der Waals surface area contributed by atoms with Crippen LogP contribution in [-0.4, -0.2) is 54.7 Å². The molecular formula is C13H19N3O3. The minimum absolute atomic E-state index is 0.0982. The summed E-state index contributed by atoms with van der Waals surface area (Å²) in [7, 11) is 1.50. The van der Waals surface area contributed by atoms with E-state index in [0.717, 1.165) is 0 Å². The molecule has 1 aromatic heterocycles. The Morgan fingerprint density at radius 1 is 1.68 bits per heavy atom. The van der Waals surface area contributed by atoms with Gasteiger partial charge in [0.05, 0.1) is 19.8 Å². The fraction of sp³-hybridized carbons (Fsp3) is 0.538. The van der Waals surface area contributed by atoms with Gasteiger partial charge in [-0.05, 0) is 19.1 Å². The van der Waals surface area contributed by atoms with Gasteiger partial charge in [-0.15, -0.1) is 0 Å². The summed E-state index contributed by atoms with van der Waals surface area (Å²) in [6.07, 6.45) is 1.47. The third kappa shape index (κ3) is 3.02. The Kier molecular flexibility index (Phi) is 4.34. The first-order valence-electron chi connectivity index (χ1n) is 6.29. The molecule has 2 heterocycles. The third-order valence-electron chi connectivity index (χ3n) is 3.16. The van der Waals surface area contributed by atoms with E-state index in [4.69, 9.17) is 15.2 Å². The van der Waals surface area contributed by atoms with Crippen LogP contribution >= 0.6 is 0 Å². The number of aromatic nitrogens is 1. The number of nitrogens with two attached hydrogens (primary N) is 1. The van der Waals surface area contributed by atoms with Crippen molar-refractivity contribution < 1.29 is 14.3 Å². The average molecular weight is 265 g/mol. The fourth-order valence-corrected chi connectivity index (χ4v) is 2.06. The minimum atomic E-state index is -0.125. The van der Waals surface area contributed by atoms with Gasteiger partial charge in [-0.3, -0.25) is 4.79 Å². The number of nitrogens with zero attached hydrogens (tertiary/aromatic N) is 2. The molecule has 0 spiro atoms. The summed E-state index contributed by atoms with van der Waals surface area (Å²) >= 11 is 0. The molecule has 1 saturated heterocycles. The second kappa shape index (κ2) is 5.99. The van der Waals surface area contributed by atoms with E-state index in [1.807, 2.05) is 6.92 Å². The van der Waals surface area contributed by atoms with Crippen LogP contribution in [-0.2, 0) is 4.74 Å². The first-order valence-corrected chi connectivity index (χ1v) is 6.29. The number of ether oxygens (including phenoxy) is 2. The molecule has 0 radical (unpaired) electrons. The molecule has 2 N–H and O–H groups in total. The third-order valence-corrected chi connectivity index (χ3v) is 3.16. The van der Waals surface area contributed by atoms with Crippen molar-refractivity contribution in [2.24, 2.45) is 5.73 Å². The SMILES string of the molecule is COc1ncccc1C(=O)N1CCOC(C(C)N)C1. The monoisotopic (exact) mass is 265 g/mol. The lowest BCUT2D eigenvalue weighted by molar-refractivity contribution is -0.0301. The number of morpholine rings is 1. The van der Waals surface area contributed by atoms with E-state index in [1.165, 1.54) is 7.11 Å². The van der Waals surface area contributed by atoms with Crippen molar-refractivity contribution >= 4 is 5.91 Å². The van der Waals surface area contributed by atoms with Gasteiger partial charge in [0.2, 0.25) is 5.88 Å². The average Bonchev–Trinajstić information content (AvgIpc) is 2.46. The number of methoxy groups -OCH3 is 1. The number of hydrogen-bond donors (Lipinski definition) is 1. The maximum absolute atomic E-state index is 12.5. The molecule has 2 unspecified atom stereocenters. The Labute approximate surface area is 112 Å². The standard InChI is InChI=1S/C13H19N3O3/c1-9(14)11-8-16(6-7-19-11)13(17)10-4-3-5-15-12(10)18-2/h3-5,9,11H,6-8,14H2,1-2H3. The van der Waals surface area contributed by atoms with Crippen LogP contribution in [0.1, 0.15) is 17.3 Å². The van der Waals surface area contributed by atoms with Crippen molar-refractivity contribution in [2.75, 3.05) is 26.8 Å². The van der Waals surface area contributed by atoms with Gasteiger partial charge in [-0.25, -0.2) is 4.98 Å². The van der Waals surface area contributed by atoms with Gasteiger partial charge in [0, 0.05) is 25.3 Å². The van der Waals surface area contributed by atoms with Crippen LogP contribution in [0.15, 0.2) is 18.3 Å². The molecule has 2 atom stereocenters. The lowest BCUT2D eigenvalue weighted by Crippen LogP contribution is -2.51. The normalized spacial score (nSPS) is 21.0. The van der Waals surface area contributed by atoms with Crippen LogP contribution in [0.4, 0.5) is 0 Å². The molecule has 6 nitrogen and oxygen atoms in total. The van der Waals surface area contributed by atoms with Crippen LogP contribution < -0.4 is 10.5 Å². The van der Waals surface area contributed by atoms with Crippen LogP contribution in [0.2, 0.25) is 0 Å². The van der Waals surface area contributed by atoms with Crippen LogP contribution in [0.5, 0.6) is 5.88 Å². The van der Waals surface area contributed by atoms with Crippen molar-refractivity contribution in [3.05, 3.63) is 23.9 Å². The van der Waals surface area contributed by atoms with Crippen molar-refractivity contribution in [1.29, 1.82) is 0 Å². The van der Waals surface area contributed by atoms with Gasteiger partial charge in [-0.2, -0.15) is 0 Å². The van der Waals surface area contributed by atoms with E-state index >= 15 is 0 Å². The Morgan fingerprint density at radius 3 is 3.16 bits per heavy atom. The maximum Gasteiger partial charge on any atom is 0.259 e. The second-order valence-electron chi connectivity index (χ2n) is 4.58. The number of hydrogen-bond acceptors (Lipinski definition) is 5. The Hall–Kier alpha value is -1.66. The predicted molar refractivity (Wildman–Crippen MR) is 70.1 cm³/mol. The van der Waals surface area contributed by atoms with E-state index in [-0.39, 0.29) is 18.1 Å². The molecule has 19 heavy (non-hydrogen) atoms. The van der Waals surface area contributed by atoms with Crippen LogP contribution in [0.25, 0.3) is 0 Å². The number of pyridine rings is 1. The van der Waals surface area contributed by atoms with Gasteiger partial charge in [0.1, 0.15) is 5.56 Å². The summed E-state index contributed by atoms with van der Waals surface area (Å²) in [5.41, 5.74) is 6.29. The maximum atomic E-state index is 12.5. The molecule has 0 aromatic carbocycles. The number of rotatable bonds is 3. The number of carbonyl (C=O) groups excluding carboxylic acids is 1. The molecule has 0 saturated carbocycles. The molecule has 0 bridgehead atoms. The highest BCUT2D eigenvalue weighted by Crippen LogP contribution is 2.18. The smallest absolute Gasteiger partial charge is 0.259 e. The summed E-state index contributed by atoms with van der Waals surface area (Å²) in [5.74, 6) is 0.246. The van der Waals surface area contributed by atoms with Gasteiger partial charge < -0.3 is 20.1 Å². The highest BCUT2D eigenvalue weighted by Gasteiger charge is 2.28. The van der Waals surface area contributed by atoms with Crippen LogP contribution in [0, 0.1) is 0 Å². The quantitative estimate of drug-likeness (QED) is 0.849. The van der Waals surface area contributed by atoms with E-state index in [9.17, 15) is 4.79 Å². The van der Waals surface area contributed by atoms with E-state index in [2.05, 4.69) is 4.98 Å². The predicted octanol–water partition coefficient (Wildman–Crippen LogP) is 0.278. The van der Waals surface area contributed by atoms with E-state index in [1.54, 1.807) is 23.2 Å². The summed E-state index contributed by atoms with van der Waals surface area (Å²) < 4.78 is 10.7. The van der Waals surface area contributed by atoms with Gasteiger partial charge in [0.15, 0.2) is 0 Å². The molecule has 1 amide bonds. The lowest BCUT2D eigenvalue weighted by Gasteiger charge is -2.34. The minimum Gasteiger partial charge on any atom is -0.480 e. The summed E-state index contributed by atoms with van der Waals surface area (Å²) in [6.45, 7) is 3.43. The second-order valence-corrected chi connectivity index (χ2v) is 4.58. The summed E-state index contributed by atoms with van der Waals surface area (Å²) in [6, 6.07) is 3.33. The molecule has 1 aliphatic rings. The lowest BCUT2D eigenvalue weighted by atomic mass is 10.1. The van der Waals surface area contributed by atoms with Crippen molar-refractivity contribution in [2.45, 2.75) is 19.1 Å². The highest BCUT2D eigenvalue weighted by molar-refractivity contribution is 5.96. The number of carbonyl (C=O) groups is 1. The highest BCUT2D eigenvalue weighted by atomic mass is 16.5. The van der Waals surface area contributed by atoms with Gasteiger partial charge in [-0.1, -0.05) is 0 Å². The topological polar surface area (TPSA) is 77.7 Å². The zero-order valence-electron chi connectivity index (χ0n) is 11.2. The van der Waals surface area contributed by atoms with Gasteiger partial charge in [0.25, 0.3) is 5.91 Å². The zero-order valence-corrected chi connectivity index (χ0v) is 11.2. The van der Waals surface area contributed by atoms with E-state index in [0.29, 0.717) is 31.1 Å². The molecule has 2 rings (SSSR count). The molecule has 104 valence electrons. The molecule has 1 fully saturated rings. The Bertz CT molecular complexity index is 451. The summed E-state index contributed by atoms with van der Waals surface area (Å²) in [4.78, 5) is 18.2. The van der Waals surface area contributed by atoms with Crippen molar-refractivity contribution in [3.8, 4) is 5.88 Å². The van der Waals surface area contributed by atoms with Crippen molar-refractivity contribution in [3.63, 3.8) is 0 Å². The molecule has 6 heteroatoms. The van der Waals surface area contributed by atoms with Crippen molar-refractivity contribution in [1.82, 2.24) is 9.88 Å². The molecule has 1 aromatic rings. The first kappa shape index (κ1) is 13.8. The first-order chi connectivity index (χ1) is 9.13. The Morgan fingerprint density at radius 2 is 2.47 bits per heavy atom. The molecule has 1 aliphatic heterocycles. The van der Waals surface area contributed by atoms with Gasteiger partial charge >= 0.3 is 0 Å². The van der Waals surface area contributed by atoms with Crippen LogP contribution in [0.3, 0.4) is 0 Å². The molecule has 0 aliphatic carbocycles. The largest absolute Gasteiger partial charge is 0.480 e. The number of amides is 1. The fourth-order valence-electron chi connectivity index (χ4n) is 2.06. The molecular weight excluding hydrogens is 246 g/mol. The van der Waals surface area contributed by atoms with E-state index < -0.39 is 0 Å². The zero-order chi connectivity index (χ0) is 13.8. The Balaban J connectivity index is 2.15.